The Balaban J connectivity index is 4.06. The van der Waals surface area contributed by atoms with Crippen LogP contribution < -0.4 is 5.32 Å². The van der Waals surface area contributed by atoms with Gasteiger partial charge in [-0.15, -0.1) is 0 Å². The maximum absolute atomic E-state index is 5.78. The topological polar surface area (TPSA) is 21.3 Å². The standard InChI is InChI=1S/C14H31NO/c1-11(2)12(15-13(3,4)5)9-10-16-14(6,7)8/h11-12,15H,9-10H2,1-8H3. The van der Waals surface area contributed by atoms with Gasteiger partial charge in [-0.25, -0.2) is 0 Å². The van der Waals surface area contributed by atoms with Crippen LogP contribution in [0.5, 0.6) is 0 Å². The van der Waals surface area contributed by atoms with Gasteiger partial charge >= 0.3 is 0 Å². The Morgan fingerprint density at radius 3 is 1.81 bits per heavy atom. The van der Waals surface area contributed by atoms with Crippen LogP contribution in [0.3, 0.4) is 0 Å². The molecule has 0 saturated carbocycles. The molecule has 0 saturated heterocycles. The number of nitrogens with one attached hydrogen (secondary N) is 1. The van der Waals surface area contributed by atoms with Crippen LogP contribution in [0, 0.1) is 5.92 Å². The van der Waals surface area contributed by atoms with E-state index in [2.05, 4.69) is 60.7 Å². The molecule has 1 N–H and O–H groups in total. The fraction of sp³-hybridized carbons (Fsp3) is 1.00. The van der Waals surface area contributed by atoms with Crippen molar-refractivity contribution in [3.8, 4) is 0 Å². The second-order valence-corrected chi connectivity index (χ2v) is 6.99. The van der Waals surface area contributed by atoms with E-state index in [-0.39, 0.29) is 11.1 Å². The molecule has 1 atom stereocenters. The summed E-state index contributed by atoms with van der Waals surface area (Å²) in [5, 5.41) is 3.66. The summed E-state index contributed by atoms with van der Waals surface area (Å²) in [7, 11) is 0. The third-order valence-corrected chi connectivity index (χ3v) is 2.39. The molecule has 0 heterocycles. The van der Waals surface area contributed by atoms with Gasteiger partial charge in [0.2, 0.25) is 0 Å². The molecule has 16 heavy (non-hydrogen) atoms. The lowest BCUT2D eigenvalue weighted by atomic mass is 9.97. The van der Waals surface area contributed by atoms with Crippen molar-refractivity contribution in [2.45, 2.75) is 79.0 Å². The molecule has 0 aliphatic carbocycles. The van der Waals surface area contributed by atoms with E-state index in [1.165, 1.54) is 0 Å². The lowest BCUT2D eigenvalue weighted by Gasteiger charge is -2.32. The molecular weight excluding hydrogens is 198 g/mol. The van der Waals surface area contributed by atoms with Gasteiger partial charge in [0, 0.05) is 18.2 Å². The zero-order valence-electron chi connectivity index (χ0n) is 12.5. The van der Waals surface area contributed by atoms with E-state index in [0.717, 1.165) is 13.0 Å². The van der Waals surface area contributed by atoms with Gasteiger partial charge in [0.1, 0.15) is 0 Å². The first-order valence-corrected chi connectivity index (χ1v) is 6.43. The van der Waals surface area contributed by atoms with Gasteiger partial charge in [-0.05, 0) is 53.9 Å². The normalized spacial score (nSPS) is 15.6. The van der Waals surface area contributed by atoms with Crippen molar-refractivity contribution in [3.63, 3.8) is 0 Å². The molecule has 2 heteroatoms. The van der Waals surface area contributed by atoms with Crippen LogP contribution in [0.1, 0.15) is 61.8 Å². The zero-order valence-corrected chi connectivity index (χ0v) is 12.5. The van der Waals surface area contributed by atoms with Crippen molar-refractivity contribution < 1.29 is 4.74 Å². The average Bonchev–Trinajstić information content (AvgIpc) is 1.97. The predicted molar refractivity (Wildman–Crippen MR) is 71.8 cm³/mol. The first kappa shape index (κ1) is 15.9. The first-order valence-electron chi connectivity index (χ1n) is 6.43. The molecule has 0 aromatic heterocycles. The van der Waals surface area contributed by atoms with Gasteiger partial charge in [-0.1, -0.05) is 13.8 Å². The smallest absolute Gasteiger partial charge is 0.0598 e. The molecule has 0 aromatic carbocycles. The zero-order chi connectivity index (χ0) is 13.0. The second kappa shape index (κ2) is 6.02. The van der Waals surface area contributed by atoms with Crippen molar-refractivity contribution in [1.29, 1.82) is 0 Å². The predicted octanol–water partition coefficient (Wildman–Crippen LogP) is 3.60. The van der Waals surface area contributed by atoms with E-state index < -0.39 is 0 Å². The quantitative estimate of drug-likeness (QED) is 0.777. The molecule has 98 valence electrons. The Hall–Kier alpha value is -0.0800. The molecule has 1 unspecified atom stereocenters. The fourth-order valence-corrected chi connectivity index (χ4v) is 1.62. The summed E-state index contributed by atoms with van der Waals surface area (Å²) < 4.78 is 5.78. The molecule has 0 amide bonds. The summed E-state index contributed by atoms with van der Waals surface area (Å²) in [6.07, 6.45) is 1.08. The van der Waals surface area contributed by atoms with Gasteiger partial charge in [-0.2, -0.15) is 0 Å². The molecule has 0 aromatic rings. The Kier molecular flexibility index (Phi) is 5.99. The molecule has 0 aliphatic rings. The third-order valence-electron chi connectivity index (χ3n) is 2.39. The summed E-state index contributed by atoms with van der Waals surface area (Å²) in [5.41, 5.74) is 0.153. The van der Waals surface area contributed by atoms with E-state index >= 15 is 0 Å². The van der Waals surface area contributed by atoms with E-state index in [1.54, 1.807) is 0 Å². The van der Waals surface area contributed by atoms with Crippen molar-refractivity contribution in [1.82, 2.24) is 5.32 Å². The number of hydrogen-bond donors (Lipinski definition) is 1. The minimum Gasteiger partial charge on any atom is -0.376 e. The average molecular weight is 229 g/mol. The molecular formula is C14H31NO. The highest BCUT2D eigenvalue weighted by Crippen LogP contribution is 2.14. The molecule has 0 aliphatic heterocycles. The highest BCUT2D eigenvalue weighted by Gasteiger charge is 2.20. The monoisotopic (exact) mass is 229 g/mol. The summed E-state index contributed by atoms with van der Waals surface area (Å²) in [6.45, 7) is 18.3. The largest absolute Gasteiger partial charge is 0.376 e. The maximum Gasteiger partial charge on any atom is 0.0598 e. The van der Waals surface area contributed by atoms with Crippen LogP contribution >= 0.6 is 0 Å². The summed E-state index contributed by atoms with van der Waals surface area (Å²) in [6, 6.07) is 0.530. The van der Waals surface area contributed by atoms with E-state index in [0.29, 0.717) is 12.0 Å². The summed E-state index contributed by atoms with van der Waals surface area (Å²) >= 11 is 0. The van der Waals surface area contributed by atoms with Gasteiger partial charge in [0.05, 0.1) is 5.60 Å². The number of hydrogen-bond acceptors (Lipinski definition) is 2. The van der Waals surface area contributed by atoms with Crippen molar-refractivity contribution in [2.75, 3.05) is 6.61 Å². The molecule has 0 spiro atoms. The van der Waals surface area contributed by atoms with Crippen LogP contribution in [0.25, 0.3) is 0 Å². The molecule has 0 rings (SSSR count). The lowest BCUT2D eigenvalue weighted by Crippen LogP contribution is -2.46. The van der Waals surface area contributed by atoms with Crippen molar-refractivity contribution >= 4 is 0 Å². The van der Waals surface area contributed by atoms with Crippen LogP contribution in [0.4, 0.5) is 0 Å². The van der Waals surface area contributed by atoms with E-state index in [1.807, 2.05) is 0 Å². The minimum absolute atomic E-state index is 0.0245. The Morgan fingerprint density at radius 2 is 1.50 bits per heavy atom. The SMILES string of the molecule is CC(C)C(CCOC(C)(C)C)NC(C)(C)C. The highest BCUT2D eigenvalue weighted by molar-refractivity contribution is 4.80. The second-order valence-electron chi connectivity index (χ2n) is 6.99. The van der Waals surface area contributed by atoms with Gasteiger partial charge in [-0.3, -0.25) is 0 Å². The Bertz CT molecular complexity index is 186. The van der Waals surface area contributed by atoms with Gasteiger partial charge < -0.3 is 10.1 Å². The van der Waals surface area contributed by atoms with E-state index in [9.17, 15) is 0 Å². The van der Waals surface area contributed by atoms with Crippen LogP contribution in [0.2, 0.25) is 0 Å². The summed E-state index contributed by atoms with van der Waals surface area (Å²) in [5.74, 6) is 0.641. The summed E-state index contributed by atoms with van der Waals surface area (Å²) in [4.78, 5) is 0. The molecule has 0 radical (unpaired) electrons. The van der Waals surface area contributed by atoms with Crippen molar-refractivity contribution in [2.24, 2.45) is 5.92 Å². The third kappa shape index (κ3) is 9.17. The molecule has 2 nitrogen and oxygen atoms in total. The Labute approximate surface area is 102 Å². The fourth-order valence-electron chi connectivity index (χ4n) is 1.62. The first-order chi connectivity index (χ1) is 7.01. The van der Waals surface area contributed by atoms with Gasteiger partial charge in [0.15, 0.2) is 0 Å². The van der Waals surface area contributed by atoms with Crippen LogP contribution in [0.15, 0.2) is 0 Å². The number of ether oxygens (including phenoxy) is 1. The van der Waals surface area contributed by atoms with Crippen molar-refractivity contribution in [3.05, 3.63) is 0 Å². The Morgan fingerprint density at radius 1 is 1.00 bits per heavy atom. The van der Waals surface area contributed by atoms with Crippen LogP contribution in [-0.2, 0) is 4.74 Å². The number of rotatable bonds is 5. The maximum atomic E-state index is 5.78. The lowest BCUT2D eigenvalue weighted by molar-refractivity contribution is -0.00974. The minimum atomic E-state index is -0.0245. The van der Waals surface area contributed by atoms with Gasteiger partial charge in [0.25, 0.3) is 0 Å². The van der Waals surface area contributed by atoms with Crippen LogP contribution in [-0.4, -0.2) is 23.8 Å². The highest BCUT2D eigenvalue weighted by atomic mass is 16.5. The molecule has 0 bridgehead atoms. The van der Waals surface area contributed by atoms with E-state index in [4.69, 9.17) is 4.74 Å². The molecule has 0 fully saturated rings.